The standard InChI is InChI=1S/C38H30N2O3/c1-27-26-38(31-22-12-5-13-23-31)40(33-25-15-14-24-32(33)39(27)36(41)30-20-10-4-11-21-30)37(42)34(28-16-6-2-7-17-28)35(43-38)29-18-8-3-9-19-29/h2-25,27H,26H2,1H3/t27-,38-/m1/s1. The summed E-state index contributed by atoms with van der Waals surface area (Å²) in [5.74, 6) is 0.203. The monoisotopic (exact) mass is 562 g/mol. The Morgan fingerprint density at radius 2 is 1.19 bits per heavy atom. The average molecular weight is 563 g/mol. The van der Waals surface area contributed by atoms with E-state index in [1.165, 1.54) is 0 Å². The molecule has 2 atom stereocenters. The van der Waals surface area contributed by atoms with E-state index in [-0.39, 0.29) is 17.9 Å². The predicted molar refractivity (Wildman–Crippen MR) is 170 cm³/mol. The van der Waals surface area contributed by atoms with Crippen molar-refractivity contribution in [2.45, 2.75) is 25.1 Å². The van der Waals surface area contributed by atoms with Gasteiger partial charge in [-0.2, -0.15) is 0 Å². The first-order chi connectivity index (χ1) is 21.1. The SMILES string of the molecule is C[C@@H]1C[C@]2(c3ccccc3)OC(c3ccccc3)=C(c3ccccc3)C(=O)N2c2ccccc2N1C(=O)c1ccccc1. The number of amides is 2. The van der Waals surface area contributed by atoms with Gasteiger partial charge in [-0.15, -0.1) is 0 Å². The molecule has 5 aromatic rings. The lowest BCUT2D eigenvalue weighted by atomic mass is 9.88. The number of ether oxygens (including phenoxy) is 1. The molecule has 7 rings (SSSR count). The summed E-state index contributed by atoms with van der Waals surface area (Å²) >= 11 is 0. The smallest absolute Gasteiger partial charge is 0.266 e. The van der Waals surface area contributed by atoms with E-state index in [2.05, 4.69) is 0 Å². The summed E-state index contributed by atoms with van der Waals surface area (Å²) in [6, 6.07) is 45.9. The summed E-state index contributed by atoms with van der Waals surface area (Å²) < 4.78 is 7.28. The van der Waals surface area contributed by atoms with Gasteiger partial charge in [0.15, 0.2) is 0 Å². The van der Waals surface area contributed by atoms with E-state index in [0.717, 1.165) is 16.7 Å². The van der Waals surface area contributed by atoms with Crippen LogP contribution < -0.4 is 9.80 Å². The summed E-state index contributed by atoms with van der Waals surface area (Å²) in [5, 5.41) is 0. The molecule has 0 saturated carbocycles. The molecule has 5 nitrogen and oxygen atoms in total. The van der Waals surface area contributed by atoms with Gasteiger partial charge in [-0.1, -0.05) is 121 Å². The van der Waals surface area contributed by atoms with Crippen LogP contribution in [-0.2, 0) is 15.3 Å². The van der Waals surface area contributed by atoms with E-state index in [9.17, 15) is 4.79 Å². The average Bonchev–Trinajstić information content (AvgIpc) is 3.18. The van der Waals surface area contributed by atoms with Gasteiger partial charge in [0.25, 0.3) is 11.8 Å². The fraction of sp³-hybridized carbons (Fsp3) is 0.105. The number of nitrogens with zero attached hydrogens (tertiary/aromatic N) is 2. The Morgan fingerprint density at radius 3 is 1.81 bits per heavy atom. The summed E-state index contributed by atoms with van der Waals surface area (Å²) in [5.41, 5.74) is 3.51. The topological polar surface area (TPSA) is 49.9 Å². The van der Waals surface area contributed by atoms with Crippen molar-refractivity contribution >= 4 is 34.5 Å². The number of carbonyl (C=O) groups excluding carboxylic acids is 2. The maximum Gasteiger partial charge on any atom is 0.266 e. The van der Waals surface area contributed by atoms with Crippen LogP contribution in [0.25, 0.3) is 11.3 Å². The highest BCUT2D eigenvalue weighted by Gasteiger charge is 2.55. The largest absolute Gasteiger partial charge is 0.462 e. The van der Waals surface area contributed by atoms with Crippen molar-refractivity contribution in [3.8, 4) is 0 Å². The van der Waals surface area contributed by atoms with E-state index >= 15 is 4.79 Å². The lowest BCUT2D eigenvalue weighted by molar-refractivity contribution is -0.120. The van der Waals surface area contributed by atoms with Gasteiger partial charge in [0, 0.05) is 29.2 Å². The van der Waals surface area contributed by atoms with Gasteiger partial charge in [0.2, 0.25) is 5.72 Å². The van der Waals surface area contributed by atoms with Crippen LogP contribution in [0.5, 0.6) is 0 Å². The fourth-order valence-electron chi connectivity index (χ4n) is 6.35. The lowest BCUT2D eigenvalue weighted by Crippen LogP contribution is -2.55. The van der Waals surface area contributed by atoms with Gasteiger partial charge in [-0.05, 0) is 36.8 Å². The molecule has 0 unspecified atom stereocenters. The molecular weight excluding hydrogens is 532 g/mol. The van der Waals surface area contributed by atoms with Crippen LogP contribution in [0.1, 0.15) is 40.4 Å². The Balaban J connectivity index is 1.52. The number of carbonyl (C=O) groups is 2. The van der Waals surface area contributed by atoms with Gasteiger partial charge >= 0.3 is 0 Å². The molecule has 210 valence electrons. The van der Waals surface area contributed by atoms with Crippen molar-refractivity contribution in [1.82, 2.24) is 0 Å². The zero-order valence-electron chi connectivity index (χ0n) is 23.8. The van der Waals surface area contributed by atoms with Gasteiger partial charge in [0.1, 0.15) is 5.76 Å². The summed E-state index contributed by atoms with van der Waals surface area (Å²) in [6.45, 7) is 2.03. The van der Waals surface area contributed by atoms with Crippen molar-refractivity contribution in [3.63, 3.8) is 0 Å². The molecule has 0 radical (unpaired) electrons. The molecule has 0 N–H and O–H groups in total. The van der Waals surface area contributed by atoms with Crippen LogP contribution in [0, 0.1) is 0 Å². The first-order valence-corrected chi connectivity index (χ1v) is 14.5. The number of benzene rings is 5. The normalized spacial score (nSPS) is 19.7. The molecule has 0 aliphatic carbocycles. The Kier molecular flexibility index (Phi) is 6.63. The van der Waals surface area contributed by atoms with Crippen molar-refractivity contribution in [2.75, 3.05) is 9.80 Å². The van der Waals surface area contributed by atoms with E-state index in [4.69, 9.17) is 4.74 Å². The molecule has 2 aliphatic heterocycles. The lowest BCUT2D eigenvalue weighted by Gasteiger charge is -2.48. The van der Waals surface area contributed by atoms with Gasteiger partial charge < -0.3 is 9.64 Å². The second-order valence-corrected chi connectivity index (χ2v) is 10.9. The number of anilines is 2. The van der Waals surface area contributed by atoms with Crippen molar-refractivity contribution in [2.24, 2.45) is 0 Å². The van der Waals surface area contributed by atoms with Crippen LogP contribution >= 0.6 is 0 Å². The van der Waals surface area contributed by atoms with Crippen LogP contribution in [0.2, 0.25) is 0 Å². The highest BCUT2D eigenvalue weighted by molar-refractivity contribution is 6.33. The van der Waals surface area contributed by atoms with Gasteiger partial charge in [-0.25, -0.2) is 0 Å². The first-order valence-electron chi connectivity index (χ1n) is 14.5. The van der Waals surface area contributed by atoms with Crippen LogP contribution in [-0.4, -0.2) is 17.9 Å². The van der Waals surface area contributed by atoms with Crippen molar-refractivity contribution in [3.05, 3.63) is 168 Å². The Bertz CT molecular complexity index is 1820. The molecule has 0 aromatic heterocycles. The zero-order chi connectivity index (χ0) is 29.4. The van der Waals surface area contributed by atoms with Crippen LogP contribution in [0.15, 0.2) is 146 Å². The molecule has 2 amide bonds. The van der Waals surface area contributed by atoms with Crippen LogP contribution in [0.4, 0.5) is 11.4 Å². The highest BCUT2D eigenvalue weighted by Crippen LogP contribution is 2.53. The second-order valence-electron chi connectivity index (χ2n) is 10.9. The van der Waals surface area contributed by atoms with Crippen molar-refractivity contribution in [1.29, 1.82) is 0 Å². The number of hydrogen-bond donors (Lipinski definition) is 0. The highest BCUT2D eigenvalue weighted by atomic mass is 16.5. The Hall–Kier alpha value is -5.42. The number of para-hydroxylation sites is 2. The Labute approximate surface area is 251 Å². The molecule has 5 aromatic carbocycles. The van der Waals surface area contributed by atoms with Crippen molar-refractivity contribution < 1.29 is 14.3 Å². The zero-order valence-corrected chi connectivity index (χ0v) is 23.8. The molecule has 0 bridgehead atoms. The second kappa shape index (κ2) is 10.8. The van der Waals surface area contributed by atoms with Gasteiger partial charge in [0.05, 0.1) is 16.9 Å². The third-order valence-corrected chi connectivity index (χ3v) is 8.23. The maximum absolute atomic E-state index is 15.2. The summed E-state index contributed by atoms with van der Waals surface area (Å²) in [4.78, 5) is 33.0. The summed E-state index contributed by atoms with van der Waals surface area (Å²) in [7, 11) is 0. The third kappa shape index (κ3) is 4.41. The van der Waals surface area contributed by atoms with Gasteiger partial charge in [-0.3, -0.25) is 14.5 Å². The quantitative estimate of drug-likeness (QED) is 0.224. The minimum atomic E-state index is -1.23. The molecule has 2 aliphatic rings. The van der Waals surface area contributed by atoms with Crippen LogP contribution in [0.3, 0.4) is 0 Å². The number of fused-ring (bicyclic) bond motifs is 3. The molecule has 2 heterocycles. The molecule has 5 heteroatoms. The van der Waals surface area contributed by atoms with E-state index < -0.39 is 5.72 Å². The maximum atomic E-state index is 15.2. The third-order valence-electron chi connectivity index (χ3n) is 8.23. The molecular formula is C38H30N2O3. The summed E-state index contributed by atoms with van der Waals surface area (Å²) in [6.07, 6.45) is 0.342. The minimum Gasteiger partial charge on any atom is -0.462 e. The molecule has 0 fully saturated rings. The van der Waals surface area contributed by atoms with E-state index in [0.29, 0.717) is 34.7 Å². The van der Waals surface area contributed by atoms with E-state index in [1.807, 2.05) is 157 Å². The number of rotatable bonds is 4. The van der Waals surface area contributed by atoms with E-state index in [1.54, 1.807) is 4.90 Å². The Morgan fingerprint density at radius 1 is 0.674 bits per heavy atom. The molecule has 0 saturated heterocycles. The fourth-order valence-corrected chi connectivity index (χ4v) is 6.35. The minimum absolute atomic E-state index is 0.129. The number of hydrogen-bond acceptors (Lipinski definition) is 3. The molecule has 0 spiro atoms. The first kappa shape index (κ1) is 26.5. The predicted octanol–water partition coefficient (Wildman–Crippen LogP) is 7.91. The molecule has 43 heavy (non-hydrogen) atoms.